The van der Waals surface area contributed by atoms with Crippen LogP contribution >= 0.6 is 11.8 Å². The van der Waals surface area contributed by atoms with Gasteiger partial charge in [-0.2, -0.15) is 11.8 Å². The maximum atomic E-state index is 11.9. The molecule has 0 aliphatic carbocycles. The minimum Gasteiger partial charge on any atom is -0.385 e. The number of anilines is 1. The lowest BCUT2D eigenvalue weighted by molar-refractivity contribution is 0.581. The molecule has 1 atom stereocenters. The van der Waals surface area contributed by atoms with Crippen LogP contribution in [0.4, 0.5) is 5.69 Å². The maximum Gasteiger partial charge on any atom is 0.240 e. The number of benzene rings is 1. The fraction of sp³-hybridized carbons (Fsp3) is 0.571. The summed E-state index contributed by atoms with van der Waals surface area (Å²) in [6, 6.07) is 6.89. The molecule has 0 aliphatic rings. The van der Waals surface area contributed by atoms with Crippen LogP contribution in [0.25, 0.3) is 0 Å². The second-order valence-electron chi connectivity index (χ2n) is 4.68. The maximum absolute atomic E-state index is 11.9. The second kappa shape index (κ2) is 8.54. The Bertz CT molecular complexity index is 486. The molecule has 0 spiro atoms. The summed E-state index contributed by atoms with van der Waals surface area (Å²) >= 11 is 1.85. The lowest BCUT2D eigenvalue weighted by Gasteiger charge is -2.11. The largest absolute Gasteiger partial charge is 0.385 e. The smallest absolute Gasteiger partial charge is 0.240 e. The highest BCUT2D eigenvalue weighted by atomic mass is 32.2. The van der Waals surface area contributed by atoms with Crippen molar-refractivity contribution in [2.45, 2.75) is 36.8 Å². The van der Waals surface area contributed by atoms with E-state index < -0.39 is 10.0 Å². The van der Waals surface area contributed by atoms with Gasteiger partial charge in [-0.25, -0.2) is 13.1 Å². The summed E-state index contributed by atoms with van der Waals surface area (Å²) in [7, 11) is -3.36. The van der Waals surface area contributed by atoms with Crippen molar-refractivity contribution in [3.05, 3.63) is 24.3 Å². The van der Waals surface area contributed by atoms with Crippen molar-refractivity contribution in [1.29, 1.82) is 0 Å². The van der Waals surface area contributed by atoms with E-state index in [0.717, 1.165) is 25.1 Å². The van der Waals surface area contributed by atoms with E-state index in [9.17, 15) is 8.42 Å². The molecule has 0 heterocycles. The number of thioether (sulfide) groups is 1. The van der Waals surface area contributed by atoms with Gasteiger partial charge < -0.3 is 5.32 Å². The van der Waals surface area contributed by atoms with Gasteiger partial charge in [0.1, 0.15) is 0 Å². The SMILES string of the molecule is CCCNS(=O)(=O)c1ccc(NCCC(C)SC)cc1. The van der Waals surface area contributed by atoms with E-state index in [0.29, 0.717) is 16.7 Å². The Hall–Kier alpha value is -0.720. The van der Waals surface area contributed by atoms with Crippen molar-refractivity contribution in [3.63, 3.8) is 0 Å². The van der Waals surface area contributed by atoms with Crippen LogP contribution in [0, 0.1) is 0 Å². The van der Waals surface area contributed by atoms with Gasteiger partial charge in [0.05, 0.1) is 4.90 Å². The molecule has 2 N–H and O–H groups in total. The molecule has 114 valence electrons. The minimum atomic E-state index is -3.36. The Morgan fingerprint density at radius 1 is 1.20 bits per heavy atom. The molecule has 1 rings (SSSR count). The van der Waals surface area contributed by atoms with Crippen LogP contribution in [-0.2, 0) is 10.0 Å². The first-order valence-electron chi connectivity index (χ1n) is 6.86. The standard InChI is InChI=1S/C14H24N2O2S2/c1-4-10-16-20(17,18)14-7-5-13(6-8-14)15-11-9-12(2)19-3/h5-8,12,15-16H,4,9-11H2,1-3H3. The molecule has 0 fully saturated rings. The molecule has 20 heavy (non-hydrogen) atoms. The summed E-state index contributed by atoms with van der Waals surface area (Å²) in [5.41, 5.74) is 0.952. The van der Waals surface area contributed by atoms with Gasteiger partial charge in [-0.3, -0.25) is 0 Å². The van der Waals surface area contributed by atoms with Crippen LogP contribution in [0.15, 0.2) is 29.2 Å². The molecule has 0 saturated carbocycles. The molecule has 0 bridgehead atoms. The highest BCUT2D eigenvalue weighted by Crippen LogP contribution is 2.15. The van der Waals surface area contributed by atoms with Gasteiger partial charge >= 0.3 is 0 Å². The first-order valence-corrected chi connectivity index (χ1v) is 9.63. The fourth-order valence-corrected chi connectivity index (χ4v) is 3.10. The Balaban J connectivity index is 2.56. The molecule has 0 radical (unpaired) electrons. The van der Waals surface area contributed by atoms with Crippen LogP contribution in [0.1, 0.15) is 26.7 Å². The van der Waals surface area contributed by atoms with Crippen LogP contribution in [0.5, 0.6) is 0 Å². The number of nitrogens with one attached hydrogen (secondary N) is 2. The Morgan fingerprint density at radius 3 is 2.40 bits per heavy atom. The number of sulfonamides is 1. The van der Waals surface area contributed by atoms with E-state index in [-0.39, 0.29) is 0 Å². The molecule has 0 saturated heterocycles. The summed E-state index contributed by atoms with van der Waals surface area (Å²) in [5, 5.41) is 3.93. The molecular weight excluding hydrogens is 292 g/mol. The van der Waals surface area contributed by atoms with Gasteiger partial charge in [0.25, 0.3) is 0 Å². The highest BCUT2D eigenvalue weighted by molar-refractivity contribution is 7.99. The molecule has 4 nitrogen and oxygen atoms in total. The third kappa shape index (κ3) is 5.73. The number of hydrogen-bond acceptors (Lipinski definition) is 4. The third-order valence-corrected chi connectivity index (χ3v) is 5.51. The molecule has 1 aromatic rings. The van der Waals surface area contributed by atoms with E-state index in [4.69, 9.17) is 0 Å². The topological polar surface area (TPSA) is 58.2 Å². The van der Waals surface area contributed by atoms with Gasteiger partial charge in [0.2, 0.25) is 10.0 Å². The van der Waals surface area contributed by atoms with Crippen LogP contribution in [-0.4, -0.2) is 33.0 Å². The van der Waals surface area contributed by atoms with Crippen LogP contribution in [0.3, 0.4) is 0 Å². The van der Waals surface area contributed by atoms with E-state index in [1.165, 1.54) is 0 Å². The Kier molecular flexibility index (Phi) is 7.40. The van der Waals surface area contributed by atoms with Crippen molar-refractivity contribution in [3.8, 4) is 0 Å². The average molecular weight is 316 g/mol. The predicted molar refractivity (Wildman–Crippen MR) is 88.0 cm³/mol. The van der Waals surface area contributed by atoms with Crippen molar-refractivity contribution >= 4 is 27.5 Å². The third-order valence-electron chi connectivity index (χ3n) is 2.99. The van der Waals surface area contributed by atoms with Gasteiger partial charge in [-0.15, -0.1) is 0 Å². The monoisotopic (exact) mass is 316 g/mol. The summed E-state index contributed by atoms with van der Waals surface area (Å²) < 4.78 is 26.4. The molecule has 6 heteroatoms. The summed E-state index contributed by atoms with van der Waals surface area (Å²) in [6.45, 7) is 5.49. The highest BCUT2D eigenvalue weighted by Gasteiger charge is 2.12. The summed E-state index contributed by atoms with van der Waals surface area (Å²) in [6.07, 6.45) is 3.97. The predicted octanol–water partition coefficient (Wildman–Crippen LogP) is 2.93. The van der Waals surface area contributed by atoms with E-state index >= 15 is 0 Å². The number of hydrogen-bond donors (Lipinski definition) is 2. The summed E-state index contributed by atoms with van der Waals surface area (Å²) in [5.74, 6) is 0. The van der Waals surface area contributed by atoms with E-state index in [2.05, 4.69) is 23.2 Å². The Morgan fingerprint density at radius 2 is 1.85 bits per heavy atom. The van der Waals surface area contributed by atoms with Gasteiger partial charge in [-0.1, -0.05) is 13.8 Å². The minimum absolute atomic E-state index is 0.314. The molecule has 1 unspecified atom stereocenters. The van der Waals surface area contributed by atoms with Crippen LogP contribution < -0.4 is 10.0 Å². The first kappa shape index (κ1) is 17.3. The van der Waals surface area contributed by atoms with Gasteiger partial charge in [-0.05, 0) is 43.4 Å². The molecule has 1 aromatic carbocycles. The molecule has 0 aromatic heterocycles. The van der Waals surface area contributed by atoms with Crippen molar-refractivity contribution < 1.29 is 8.42 Å². The zero-order chi connectivity index (χ0) is 15.0. The Labute approximate surface area is 126 Å². The lowest BCUT2D eigenvalue weighted by atomic mass is 10.3. The van der Waals surface area contributed by atoms with Crippen molar-refractivity contribution in [2.24, 2.45) is 0 Å². The summed E-state index contributed by atoms with van der Waals surface area (Å²) in [4.78, 5) is 0.314. The lowest BCUT2D eigenvalue weighted by Crippen LogP contribution is -2.24. The zero-order valence-corrected chi connectivity index (χ0v) is 14.0. The average Bonchev–Trinajstić information content (AvgIpc) is 2.45. The number of rotatable bonds is 9. The van der Waals surface area contributed by atoms with Crippen LogP contribution in [0.2, 0.25) is 0 Å². The fourth-order valence-electron chi connectivity index (χ4n) is 1.61. The second-order valence-corrected chi connectivity index (χ2v) is 7.73. The zero-order valence-electron chi connectivity index (χ0n) is 12.3. The quantitative estimate of drug-likeness (QED) is 0.735. The van der Waals surface area contributed by atoms with E-state index in [1.54, 1.807) is 12.1 Å². The van der Waals surface area contributed by atoms with Gasteiger partial charge in [0.15, 0.2) is 0 Å². The van der Waals surface area contributed by atoms with Crippen molar-refractivity contribution in [2.75, 3.05) is 24.7 Å². The normalized spacial score (nSPS) is 13.2. The molecule has 0 aliphatic heterocycles. The van der Waals surface area contributed by atoms with E-state index in [1.807, 2.05) is 30.8 Å². The molecule has 0 amide bonds. The molecular formula is C14H24N2O2S2. The first-order chi connectivity index (χ1) is 9.49. The van der Waals surface area contributed by atoms with Crippen molar-refractivity contribution in [1.82, 2.24) is 4.72 Å². The van der Waals surface area contributed by atoms with Gasteiger partial charge in [0, 0.05) is 24.0 Å².